The summed E-state index contributed by atoms with van der Waals surface area (Å²) in [5.41, 5.74) is 9.30. The number of carbonyl (C=O) groups excluding carboxylic acids is 1. The molecule has 4 rings (SSSR count). The lowest BCUT2D eigenvalue weighted by Gasteiger charge is -2.24. The first-order valence-electron chi connectivity index (χ1n) is 12.0. The fourth-order valence-corrected chi connectivity index (χ4v) is 3.92. The van der Waals surface area contributed by atoms with Gasteiger partial charge in [-0.15, -0.1) is 0 Å². The van der Waals surface area contributed by atoms with E-state index in [1.807, 2.05) is 33.3 Å². The maximum Gasteiger partial charge on any atom is 0.258 e. The number of aromatic nitrogens is 2. The molecule has 1 fully saturated rings. The summed E-state index contributed by atoms with van der Waals surface area (Å²) in [5.74, 6) is 5.41. The number of hydrogen-bond donors (Lipinski definition) is 2. The van der Waals surface area contributed by atoms with Gasteiger partial charge in [0.2, 0.25) is 5.95 Å². The van der Waals surface area contributed by atoms with Crippen molar-refractivity contribution in [1.82, 2.24) is 14.9 Å². The van der Waals surface area contributed by atoms with Crippen molar-refractivity contribution in [1.29, 1.82) is 0 Å². The Balaban J connectivity index is 1.56. The fraction of sp³-hybridized carbons (Fsp3) is 0.321. The van der Waals surface area contributed by atoms with Gasteiger partial charge in [-0.05, 0) is 81.7 Å². The molecule has 7 nitrogen and oxygen atoms in total. The number of benzene rings is 2. The smallest absolute Gasteiger partial charge is 0.258 e. The van der Waals surface area contributed by atoms with E-state index in [4.69, 9.17) is 5.73 Å². The van der Waals surface area contributed by atoms with Gasteiger partial charge in [-0.25, -0.2) is 14.4 Å². The summed E-state index contributed by atoms with van der Waals surface area (Å²) in [6, 6.07) is 10.5. The monoisotopic (exact) mass is 486 g/mol. The molecule has 0 unspecified atom stereocenters. The number of halogens is 1. The molecule has 0 radical (unpaired) electrons. The molecule has 1 amide bonds. The highest BCUT2D eigenvalue weighted by atomic mass is 19.1. The van der Waals surface area contributed by atoms with Crippen LogP contribution in [0.25, 0.3) is 0 Å². The molecule has 1 saturated carbocycles. The summed E-state index contributed by atoms with van der Waals surface area (Å²) in [6.45, 7) is 1.80. The van der Waals surface area contributed by atoms with Gasteiger partial charge >= 0.3 is 0 Å². The minimum atomic E-state index is -0.604. The van der Waals surface area contributed by atoms with Crippen molar-refractivity contribution in [3.05, 3.63) is 76.9 Å². The van der Waals surface area contributed by atoms with Gasteiger partial charge in [-0.3, -0.25) is 4.79 Å². The molecule has 186 valence electrons. The Morgan fingerprint density at radius 2 is 1.78 bits per heavy atom. The summed E-state index contributed by atoms with van der Waals surface area (Å²) in [6.07, 6.45) is 6.31. The third-order valence-electron chi connectivity index (χ3n) is 6.06. The van der Waals surface area contributed by atoms with Crippen LogP contribution in [-0.4, -0.2) is 55.0 Å². The molecular weight excluding hydrogens is 455 g/mol. The van der Waals surface area contributed by atoms with E-state index in [2.05, 4.69) is 43.0 Å². The van der Waals surface area contributed by atoms with E-state index < -0.39 is 11.7 Å². The Labute approximate surface area is 211 Å². The number of rotatable bonds is 8. The number of nitrogens with one attached hydrogen (secondary N) is 1. The Morgan fingerprint density at radius 1 is 1.06 bits per heavy atom. The van der Waals surface area contributed by atoms with Gasteiger partial charge in [0, 0.05) is 31.5 Å². The Kier molecular flexibility index (Phi) is 7.81. The van der Waals surface area contributed by atoms with Crippen LogP contribution in [0.2, 0.25) is 0 Å². The molecule has 0 bridgehead atoms. The number of nitrogen functional groups attached to an aromatic ring is 1. The summed E-state index contributed by atoms with van der Waals surface area (Å²) >= 11 is 0. The SMILES string of the molecule is CN(C)CCCN(C)c1ccc(C2CC2)cc1NC(=O)c1cc(C#Cc2cnc(N)nc2)ccc1F. The second-order valence-corrected chi connectivity index (χ2v) is 9.36. The number of amides is 1. The van der Waals surface area contributed by atoms with Crippen molar-refractivity contribution in [3.63, 3.8) is 0 Å². The Bertz CT molecular complexity index is 1290. The average Bonchev–Trinajstić information content (AvgIpc) is 3.70. The topological polar surface area (TPSA) is 87.4 Å². The van der Waals surface area contributed by atoms with Crippen LogP contribution in [0, 0.1) is 17.7 Å². The summed E-state index contributed by atoms with van der Waals surface area (Å²) < 4.78 is 14.7. The van der Waals surface area contributed by atoms with Crippen LogP contribution in [0.3, 0.4) is 0 Å². The van der Waals surface area contributed by atoms with Crippen molar-refractivity contribution in [2.75, 3.05) is 50.2 Å². The highest BCUT2D eigenvalue weighted by Gasteiger charge is 2.25. The molecule has 3 aromatic rings. The van der Waals surface area contributed by atoms with E-state index in [0.717, 1.165) is 38.0 Å². The highest BCUT2D eigenvalue weighted by Crippen LogP contribution is 2.42. The molecule has 36 heavy (non-hydrogen) atoms. The van der Waals surface area contributed by atoms with Crippen LogP contribution in [0.15, 0.2) is 48.8 Å². The molecule has 0 spiro atoms. The largest absolute Gasteiger partial charge is 0.373 e. The first-order chi connectivity index (χ1) is 17.3. The molecular formula is C28H31FN6O. The van der Waals surface area contributed by atoms with Crippen LogP contribution in [0.5, 0.6) is 0 Å². The maximum atomic E-state index is 14.7. The lowest BCUT2D eigenvalue weighted by atomic mass is 10.1. The molecule has 8 heteroatoms. The zero-order valence-corrected chi connectivity index (χ0v) is 20.9. The normalized spacial score (nSPS) is 12.7. The van der Waals surface area contributed by atoms with Crippen LogP contribution in [0.1, 0.15) is 52.2 Å². The second-order valence-electron chi connectivity index (χ2n) is 9.36. The third-order valence-corrected chi connectivity index (χ3v) is 6.06. The molecule has 0 atom stereocenters. The Morgan fingerprint density at radius 3 is 2.47 bits per heavy atom. The van der Waals surface area contributed by atoms with Gasteiger partial charge in [0.25, 0.3) is 5.91 Å². The molecule has 0 saturated heterocycles. The van der Waals surface area contributed by atoms with Crippen LogP contribution >= 0.6 is 0 Å². The van der Waals surface area contributed by atoms with E-state index in [9.17, 15) is 9.18 Å². The van der Waals surface area contributed by atoms with Gasteiger partial charge in [-0.2, -0.15) is 0 Å². The fourth-order valence-electron chi connectivity index (χ4n) is 3.92. The van der Waals surface area contributed by atoms with Gasteiger partial charge in [0.15, 0.2) is 0 Å². The van der Waals surface area contributed by atoms with Crippen LogP contribution in [0.4, 0.5) is 21.7 Å². The van der Waals surface area contributed by atoms with E-state index in [1.165, 1.54) is 36.2 Å². The van der Waals surface area contributed by atoms with E-state index >= 15 is 0 Å². The molecule has 2 aromatic carbocycles. The molecule has 1 heterocycles. The molecule has 3 N–H and O–H groups in total. The summed E-state index contributed by atoms with van der Waals surface area (Å²) in [4.78, 5) is 25.3. The van der Waals surface area contributed by atoms with Crippen molar-refractivity contribution in [2.24, 2.45) is 0 Å². The van der Waals surface area contributed by atoms with E-state index in [1.54, 1.807) is 0 Å². The molecule has 1 aliphatic carbocycles. The second kappa shape index (κ2) is 11.2. The van der Waals surface area contributed by atoms with E-state index in [0.29, 0.717) is 22.7 Å². The van der Waals surface area contributed by atoms with Crippen molar-refractivity contribution in [2.45, 2.75) is 25.2 Å². The minimum Gasteiger partial charge on any atom is -0.373 e. The average molecular weight is 487 g/mol. The van der Waals surface area contributed by atoms with Crippen molar-refractivity contribution in [3.8, 4) is 11.8 Å². The Hall–Kier alpha value is -3.96. The number of hydrogen-bond acceptors (Lipinski definition) is 6. The molecule has 1 aliphatic rings. The van der Waals surface area contributed by atoms with Crippen LogP contribution in [-0.2, 0) is 0 Å². The van der Waals surface area contributed by atoms with Crippen molar-refractivity contribution >= 4 is 23.2 Å². The quantitative estimate of drug-likeness (QED) is 0.466. The van der Waals surface area contributed by atoms with E-state index in [-0.39, 0.29) is 11.5 Å². The lowest BCUT2D eigenvalue weighted by molar-refractivity contribution is 0.102. The number of carbonyl (C=O) groups is 1. The third kappa shape index (κ3) is 6.58. The predicted molar refractivity (Wildman–Crippen MR) is 142 cm³/mol. The summed E-state index contributed by atoms with van der Waals surface area (Å²) in [5, 5.41) is 2.96. The number of anilines is 3. The first-order valence-corrected chi connectivity index (χ1v) is 12.0. The van der Waals surface area contributed by atoms with Gasteiger partial charge in [-0.1, -0.05) is 17.9 Å². The standard InChI is InChI=1S/C28H31FN6O/c1-34(2)13-4-14-35(3)26-12-10-22(21-8-9-21)16-25(26)33-27(36)23-15-19(7-11-24(23)29)5-6-20-17-31-28(30)32-18-20/h7,10-12,15-18,21H,4,8-9,13-14H2,1-3H3,(H,33,36)(H2,30,31,32). The molecule has 0 aliphatic heterocycles. The number of nitrogens with zero attached hydrogens (tertiary/aromatic N) is 4. The lowest BCUT2D eigenvalue weighted by Crippen LogP contribution is -2.25. The van der Waals surface area contributed by atoms with Crippen molar-refractivity contribution < 1.29 is 9.18 Å². The van der Waals surface area contributed by atoms with Gasteiger partial charge in [0.05, 0.1) is 22.5 Å². The van der Waals surface area contributed by atoms with Gasteiger partial charge in [0.1, 0.15) is 5.82 Å². The highest BCUT2D eigenvalue weighted by molar-refractivity contribution is 6.06. The van der Waals surface area contributed by atoms with Crippen LogP contribution < -0.4 is 16.0 Å². The zero-order valence-electron chi connectivity index (χ0n) is 20.9. The minimum absolute atomic E-state index is 0.0617. The predicted octanol–water partition coefficient (Wildman–Crippen LogP) is 4.12. The molecule has 1 aromatic heterocycles. The number of nitrogens with two attached hydrogens (primary N) is 1. The summed E-state index contributed by atoms with van der Waals surface area (Å²) in [7, 11) is 6.11. The maximum absolute atomic E-state index is 14.7. The van der Waals surface area contributed by atoms with Gasteiger partial charge < -0.3 is 20.9 Å². The zero-order chi connectivity index (χ0) is 25.7. The first kappa shape index (κ1) is 25.1.